The highest BCUT2D eigenvalue weighted by atomic mass is 35.5. The molecule has 4 saturated carbocycles. The Labute approximate surface area is 102 Å². The molecule has 3 N–H and O–H groups in total. The number of aliphatic carboxylic acids is 1. The number of carboxylic acid groups (broad SMARTS) is 1. The highest BCUT2D eigenvalue weighted by Crippen LogP contribution is 2.61. The van der Waals surface area contributed by atoms with Crippen molar-refractivity contribution in [2.45, 2.75) is 50.5 Å². The normalized spacial score (nSPS) is 48.8. The number of carboxylic acids is 1. The predicted octanol–water partition coefficient (Wildman–Crippen LogP) is 2.18. The van der Waals surface area contributed by atoms with Crippen molar-refractivity contribution in [2.24, 2.45) is 23.0 Å². The molecular formula is C12H20ClNO2. The number of hydrogen-bond donors (Lipinski definition) is 2. The zero-order valence-electron chi connectivity index (χ0n) is 9.45. The van der Waals surface area contributed by atoms with Gasteiger partial charge in [-0.1, -0.05) is 0 Å². The van der Waals surface area contributed by atoms with Crippen LogP contribution in [0.2, 0.25) is 0 Å². The molecule has 0 aromatic rings. The van der Waals surface area contributed by atoms with Crippen molar-refractivity contribution in [3.63, 3.8) is 0 Å². The van der Waals surface area contributed by atoms with Crippen LogP contribution in [0, 0.1) is 17.3 Å². The predicted molar refractivity (Wildman–Crippen MR) is 63.5 cm³/mol. The van der Waals surface area contributed by atoms with E-state index in [1.807, 2.05) is 0 Å². The van der Waals surface area contributed by atoms with E-state index in [2.05, 4.69) is 0 Å². The van der Waals surface area contributed by atoms with E-state index in [-0.39, 0.29) is 23.4 Å². The van der Waals surface area contributed by atoms with Gasteiger partial charge in [-0.2, -0.15) is 0 Å². The summed E-state index contributed by atoms with van der Waals surface area (Å²) in [4.78, 5) is 10.9. The van der Waals surface area contributed by atoms with E-state index in [1.54, 1.807) is 0 Å². The minimum absolute atomic E-state index is 0. The Morgan fingerprint density at radius 1 is 1.25 bits per heavy atom. The van der Waals surface area contributed by atoms with Crippen molar-refractivity contribution in [1.82, 2.24) is 0 Å². The molecule has 92 valence electrons. The van der Waals surface area contributed by atoms with E-state index in [4.69, 9.17) is 10.8 Å². The lowest BCUT2D eigenvalue weighted by Gasteiger charge is -2.60. The van der Waals surface area contributed by atoms with Crippen LogP contribution < -0.4 is 5.73 Å². The van der Waals surface area contributed by atoms with Crippen molar-refractivity contribution >= 4 is 18.4 Å². The van der Waals surface area contributed by atoms with Gasteiger partial charge in [-0.15, -0.1) is 12.4 Å². The summed E-state index contributed by atoms with van der Waals surface area (Å²) in [5.41, 5.74) is 6.43. The van der Waals surface area contributed by atoms with Crippen LogP contribution in [0.5, 0.6) is 0 Å². The molecule has 0 spiro atoms. The maximum Gasteiger partial charge on any atom is 0.303 e. The van der Waals surface area contributed by atoms with E-state index in [0.29, 0.717) is 6.42 Å². The van der Waals surface area contributed by atoms with Crippen LogP contribution in [0.15, 0.2) is 0 Å². The quantitative estimate of drug-likeness (QED) is 0.784. The summed E-state index contributed by atoms with van der Waals surface area (Å²) in [6.07, 6.45) is 7.14. The third-order valence-corrected chi connectivity index (χ3v) is 4.75. The van der Waals surface area contributed by atoms with Gasteiger partial charge in [-0.25, -0.2) is 0 Å². The summed E-state index contributed by atoms with van der Waals surface area (Å²) in [5, 5.41) is 9.02. The Bertz CT molecular complexity index is 304. The molecule has 0 saturated heterocycles. The van der Waals surface area contributed by atoms with Crippen LogP contribution in [0.4, 0.5) is 0 Å². The molecule has 4 rings (SSSR count). The van der Waals surface area contributed by atoms with Gasteiger partial charge in [0.2, 0.25) is 0 Å². The Balaban J connectivity index is 0.000000963. The molecule has 0 heterocycles. The SMILES string of the molecule is Cl.NC12C[C@H]3C[C@@H](C1)CC(CC(=O)O)(C3)C2. The number of nitrogens with two attached hydrogens (primary N) is 1. The van der Waals surface area contributed by atoms with Crippen LogP contribution in [0.1, 0.15) is 44.9 Å². The van der Waals surface area contributed by atoms with E-state index in [0.717, 1.165) is 43.9 Å². The van der Waals surface area contributed by atoms with E-state index < -0.39 is 5.97 Å². The van der Waals surface area contributed by atoms with Gasteiger partial charge in [0, 0.05) is 5.54 Å². The molecule has 0 aromatic carbocycles. The largest absolute Gasteiger partial charge is 0.481 e. The molecular weight excluding hydrogens is 226 g/mol. The van der Waals surface area contributed by atoms with Gasteiger partial charge in [0.25, 0.3) is 0 Å². The monoisotopic (exact) mass is 245 g/mol. The van der Waals surface area contributed by atoms with Crippen LogP contribution in [0.3, 0.4) is 0 Å². The molecule has 4 aliphatic carbocycles. The van der Waals surface area contributed by atoms with Crippen LogP contribution in [-0.2, 0) is 4.79 Å². The topological polar surface area (TPSA) is 63.3 Å². The fraction of sp³-hybridized carbons (Fsp3) is 0.917. The Kier molecular flexibility index (Phi) is 2.75. The first-order valence-corrected chi connectivity index (χ1v) is 5.99. The zero-order chi connectivity index (χ0) is 10.7. The van der Waals surface area contributed by atoms with Crippen LogP contribution >= 0.6 is 12.4 Å². The van der Waals surface area contributed by atoms with Crippen LogP contribution in [-0.4, -0.2) is 16.6 Å². The number of carbonyl (C=O) groups is 1. The highest BCUT2D eigenvalue weighted by Gasteiger charge is 2.56. The van der Waals surface area contributed by atoms with Gasteiger partial charge in [-0.3, -0.25) is 4.79 Å². The average Bonchev–Trinajstić information content (AvgIpc) is 1.94. The van der Waals surface area contributed by atoms with Gasteiger partial charge in [0.1, 0.15) is 0 Å². The molecule has 0 radical (unpaired) electrons. The second-order valence-corrected chi connectivity index (χ2v) is 6.39. The summed E-state index contributed by atoms with van der Waals surface area (Å²) >= 11 is 0. The molecule has 16 heavy (non-hydrogen) atoms. The molecule has 0 aliphatic heterocycles. The lowest BCUT2D eigenvalue weighted by Crippen LogP contribution is -2.60. The highest BCUT2D eigenvalue weighted by molar-refractivity contribution is 5.85. The van der Waals surface area contributed by atoms with Gasteiger partial charge in [0.05, 0.1) is 6.42 Å². The minimum Gasteiger partial charge on any atom is -0.481 e. The van der Waals surface area contributed by atoms with E-state index in [1.165, 1.54) is 6.42 Å². The minimum atomic E-state index is -0.638. The third kappa shape index (κ3) is 1.84. The number of rotatable bonds is 2. The molecule has 4 aliphatic rings. The lowest BCUT2D eigenvalue weighted by atomic mass is 9.46. The molecule has 4 heteroatoms. The maximum absolute atomic E-state index is 10.9. The van der Waals surface area contributed by atoms with Crippen molar-refractivity contribution < 1.29 is 9.90 Å². The second-order valence-electron chi connectivity index (χ2n) is 6.39. The molecule has 4 bridgehead atoms. The fourth-order valence-corrected chi connectivity index (χ4v) is 5.05. The van der Waals surface area contributed by atoms with Crippen molar-refractivity contribution in [1.29, 1.82) is 0 Å². The zero-order valence-corrected chi connectivity index (χ0v) is 10.3. The van der Waals surface area contributed by atoms with Gasteiger partial charge in [-0.05, 0) is 55.8 Å². The Morgan fingerprint density at radius 2 is 1.81 bits per heavy atom. The van der Waals surface area contributed by atoms with Crippen molar-refractivity contribution in [3.8, 4) is 0 Å². The standard InChI is InChI=1S/C12H19NO2.ClH/c13-12-4-8-1-9(5-12)3-11(2-8,7-12)6-10(14)15;/h8-9H,1-7,13H2,(H,14,15);1H/t8-,9+,11?,12?;. The Morgan fingerprint density at radius 3 is 2.25 bits per heavy atom. The third-order valence-electron chi connectivity index (χ3n) is 4.75. The van der Waals surface area contributed by atoms with Gasteiger partial charge in [0.15, 0.2) is 0 Å². The molecule has 4 fully saturated rings. The summed E-state index contributed by atoms with van der Waals surface area (Å²) in [6, 6.07) is 0. The lowest BCUT2D eigenvalue weighted by molar-refractivity contribution is -0.146. The summed E-state index contributed by atoms with van der Waals surface area (Å²) < 4.78 is 0. The first-order valence-electron chi connectivity index (χ1n) is 5.99. The van der Waals surface area contributed by atoms with Crippen LogP contribution in [0.25, 0.3) is 0 Å². The van der Waals surface area contributed by atoms with Gasteiger partial charge < -0.3 is 10.8 Å². The first-order chi connectivity index (χ1) is 6.99. The number of halogens is 1. The molecule has 4 atom stereocenters. The van der Waals surface area contributed by atoms with E-state index >= 15 is 0 Å². The smallest absolute Gasteiger partial charge is 0.303 e. The van der Waals surface area contributed by atoms with Crippen molar-refractivity contribution in [3.05, 3.63) is 0 Å². The molecule has 3 nitrogen and oxygen atoms in total. The van der Waals surface area contributed by atoms with E-state index in [9.17, 15) is 4.79 Å². The summed E-state index contributed by atoms with van der Waals surface area (Å²) in [6.45, 7) is 0. The Hall–Kier alpha value is -0.280. The van der Waals surface area contributed by atoms with Crippen molar-refractivity contribution in [2.75, 3.05) is 0 Å². The molecule has 0 amide bonds. The second kappa shape index (κ2) is 3.61. The van der Waals surface area contributed by atoms with Gasteiger partial charge >= 0.3 is 5.97 Å². The summed E-state index contributed by atoms with van der Waals surface area (Å²) in [5.74, 6) is 0.798. The molecule has 0 aromatic heterocycles. The average molecular weight is 246 g/mol. The molecule has 2 unspecified atom stereocenters. The summed E-state index contributed by atoms with van der Waals surface area (Å²) in [7, 11) is 0. The first kappa shape index (κ1) is 12.2. The fourth-order valence-electron chi connectivity index (χ4n) is 5.05. The maximum atomic E-state index is 10.9. The number of hydrogen-bond acceptors (Lipinski definition) is 2.